The number of unbranched alkanes of at least 4 members (excludes halogenated alkanes) is 1. The Balaban J connectivity index is 1.20. The number of aliphatic hydroxyl groups excluding tert-OH is 2. The van der Waals surface area contributed by atoms with E-state index in [0.717, 1.165) is 12.5 Å². The highest BCUT2D eigenvalue weighted by Crippen LogP contribution is 2.35. The van der Waals surface area contributed by atoms with E-state index in [1.807, 2.05) is 13.8 Å². The van der Waals surface area contributed by atoms with Crippen LogP contribution in [0.5, 0.6) is 0 Å². The number of imidazole rings is 2. The standard InChI is InChI=1S/C26H33F3N8O3/c1-13(2)36(7-5-4-6-18-34-16-9-14(3)8-15(19(16)35-18)26(27,28)29)10-17-21(38)22(39)25(40-17)37-12-33-20-23(30)31-11-32-24(20)37/h8-9,11-13,17,21-22,25,38-39H,4-7,10H2,1-3H3,(H,34,35)(H2,30,31,32)/t17-,21-,22-,25-/m1/s1. The maximum absolute atomic E-state index is 13.5. The largest absolute Gasteiger partial charge is 0.418 e. The van der Waals surface area contributed by atoms with Crippen LogP contribution >= 0.6 is 0 Å². The summed E-state index contributed by atoms with van der Waals surface area (Å²) in [6, 6.07) is 2.90. The lowest BCUT2D eigenvalue weighted by atomic mass is 10.1. The van der Waals surface area contributed by atoms with E-state index in [1.54, 1.807) is 17.6 Å². The molecule has 4 heterocycles. The van der Waals surface area contributed by atoms with Gasteiger partial charge in [-0.3, -0.25) is 9.47 Å². The van der Waals surface area contributed by atoms with Crippen LogP contribution in [0.15, 0.2) is 24.8 Å². The third-order valence-electron chi connectivity index (χ3n) is 7.34. The van der Waals surface area contributed by atoms with Crippen LogP contribution in [0.2, 0.25) is 0 Å². The molecule has 3 aromatic heterocycles. The van der Waals surface area contributed by atoms with Crippen LogP contribution in [0.4, 0.5) is 19.0 Å². The van der Waals surface area contributed by atoms with Crippen LogP contribution in [0.25, 0.3) is 22.2 Å². The Morgan fingerprint density at radius 2 is 1.93 bits per heavy atom. The summed E-state index contributed by atoms with van der Waals surface area (Å²) in [6.45, 7) is 6.71. The first-order valence-corrected chi connectivity index (χ1v) is 13.2. The summed E-state index contributed by atoms with van der Waals surface area (Å²) < 4.78 is 48.1. The number of aliphatic hydroxyl groups is 2. The topological polar surface area (TPSA) is 151 Å². The Bertz CT molecular complexity index is 1490. The number of aryl methyl sites for hydroxylation is 2. The number of aromatic nitrogens is 6. The molecule has 14 heteroatoms. The summed E-state index contributed by atoms with van der Waals surface area (Å²) in [4.78, 5) is 21.7. The maximum atomic E-state index is 13.5. The van der Waals surface area contributed by atoms with E-state index in [9.17, 15) is 23.4 Å². The number of nitrogens with two attached hydrogens (primary N) is 1. The molecule has 0 bridgehead atoms. The van der Waals surface area contributed by atoms with Crippen LogP contribution < -0.4 is 5.73 Å². The summed E-state index contributed by atoms with van der Waals surface area (Å²) in [7, 11) is 0. The molecular formula is C26H33F3N8O3. The lowest BCUT2D eigenvalue weighted by Gasteiger charge is -2.30. The summed E-state index contributed by atoms with van der Waals surface area (Å²) >= 11 is 0. The van der Waals surface area contributed by atoms with Crippen LogP contribution in [0.3, 0.4) is 0 Å². The second kappa shape index (κ2) is 10.9. The van der Waals surface area contributed by atoms with Crippen molar-refractivity contribution in [3.05, 3.63) is 41.7 Å². The minimum Gasteiger partial charge on any atom is -0.387 e. The molecular weight excluding hydrogens is 529 g/mol. The zero-order chi connectivity index (χ0) is 28.8. The van der Waals surface area contributed by atoms with Gasteiger partial charge in [0.1, 0.15) is 36.0 Å². The van der Waals surface area contributed by atoms with Gasteiger partial charge in [0.05, 0.1) is 22.9 Å². The number of nitrogens with one attached hydrogen (secondary N) is 1. The van der Waals surface area contributed by atoms with E-state index in [2.05, 4.69) is 29.8 Å². The van der Waals surface area contributed by atoms with Crippen LogP contribution in [-0.4, -0.2) is 82.0 Å². The van der Waals surface area contributed by atoms with Crippen molar-refractivity contribution in [1.29, 1.82) is 0 Å². The fraction of sp³-hybridized carbons (Fsp3) is 0.538. The fourth-order valence-corrected chi connectivity index (χ4v) is 5.21. The van der Waals surface area contributed by atoms with E-state index < -0.39 is 36.3 Å². The Kier molecular flexibility index (Phi) is 7.70. The second-order valence-electron chi connectivity index (χ2n) is 10.6. The molecule has 0 saturated carbocycles. The Morgan fingerprint density at radius 1 is 1.15 bits per heavy atom. The molecule has 4 aromatic rings. The molecule has 0 amide bonds. The average Bonchev–Trinajstić information content (AvgIpc) is 3.57. The number of rotatable bonds is 9. The number of hydrogen-bond donors (Lipinski definition) is 4. The highest BCUT2D eigenvalue weighted by atomic mass is 19.4. The fourth-order valence-electron chi connectivity index (χ4n) is 5.21. The Morgan fingerprint density at radius 3 is 2.65 bits per heavy atom. The molecule has 40 heavy (non-hydrogen) atoms. The third kappa shape index (κ3) is 5.48. The highest BCUT2D eigenvalue weighted by molar-refractivity contribution is 5.81. The number of ether oxygens (including phenoxy) is 1. The van der Waals surface area contributed by atoms with Crippen molar-refractivity contribution in [2.45, 2.75) is 76.8 Å². The second-order valence-corrected chi connectivity index (χ2v) is 10.6. The molecule has 5 rings (SSSR count). The molecule has 5 N–H and O–H groups in total. The van der Waals surface area contributed by atoms with Crippen molar-refractivity contribution in [2.75, 3.05) is 18.8 Å². The van der Waals surface area contributed by atoms with E-state index in [0.29, 0.717) is 54.0 Å². The van der Waals surface area contributed by atoms with Gasteiger partial charge < -0.3 is 25.7 Å². The molecule has 0 spiro atoms. The van der Waals surface area contributed by atoms with Gasteiger partial charge in [-0.15, -0.1) is 0 Å². The lowest BCUT2D eigenvalue weighted by Crippen LogP contribution is -2.43. The normalized spacial score (nSPS) is 21.9. The van der Waals surface area contributed by atoms with Gasteiger partial charge in [0.25, 0.3) is 0 Å². The number of alkyl halides is 3. The molecule has 216 valence electrons. The van der Waals surface area contributed by atoms with Crippen LogP contribution in [0, 0.1) is 6.92 Å². The summed E-state index contributed by atoms with van der Waals surface area (Å²) in [6.07, 6.45) is -3.66. The number of nitrogens with zero attached hydrogens (tertiary/aromatic N) is 6. The van der Waals surface area contributed by atoms with Gasteiger partial charge in [0.2, 0.25) is 0 Å². The van der Waals surface area contributed by atoms with Gasteiger partial charge in [-0.2, -0.15) is 13.2 Å². The van der Waals surface area contributed by atoms with Crippen molar-refractivity contribution < 1.29 is 28.1 Å². The van der Waals surface area contributed by atoms with Gasteiger partial charge in [-0.1, -0.05) is 0 Å². The number of anilines is 1. The zero-order valence-corrected chi connectivity index (χ0v) is 22.4. The monoisotopic (exact) mass is 562 g/mol. The predicted molar refractivity (Wildman–Crippen MR) is 141 cm³/mol. The molecule has 1 aliphatic rings. The third-order valence-corrected chi connectivity index (χ3v) is 7.34. The molecule has 1 saturated heterocycles. The van der Waals surface area contributed by atoms with Gasteiger partial charge in [-0.05, 0) is 57.9 Å². The first-order chi connectivity index (χ1) is 18.9. The van der Waals surface area contributed by atoms with Gasteiger partial charge >= 0.3 is 6.18 Å². The zero-order valence-electron chi connectivity index (χ0n) is 22.4. The summed E-state index contributed by atoms with van der Waals surface area (Å²) in [5.41, 5.74) is 6.77. The van der Waals surface area contributed by atoms with E-state index in [4.69, 9.17) is 10.5 Å². The van der Waals surface area contributed by atoms with Crippen molar-refractivity contribution in [2.24, 2.45) is 0 Å². The number of H-pyrrole nitrogens is 1. The number of halogens is 3. The number of nitrogen functional groups attached to an aromatic ring is 1. The molecule has 1 aliphatic heterocycles. The summed E-state index contributed by atoms with van der Waals surface area (Å²) in [5.74, 6) is 0.720. The van der Waals surface area contributed by atoms with Gasteiger partial charge in [0.15, 0.2) is 17.7 Å². The van der Waals surface area contributed by atoms with E-state index in [-0.39, 0.29) is 17.4 Å². The first kappa shape index (κ1) is 28.2. The minimum absolute atomic E-state index is 0.0113. The molecule has 0 radical (unpaired) electrons. The number of hydrogen-bond acceptors (Lipinski definition) is 9. The van der Waals surface area contributed by atoms with Gasteiger partial charge in [0, 0.05) is 19.0 Å². The number of benzene rings is 1. The van der Waals surface area contributed by atoms with Crippen LogP contribution in [-0.2, 0) is 17.3 Å². The number of aromatic amines is 1. The van der Waals surface area contributed by atoms with Crippen molar-refractivity contribution in [1.82, 2.24) is 34.4 Å². The molecule has 0 unspecified atom stereocenters. The predicted octanol–water partition coefficient (Wildman–Crippen LogP) is 2.96. The van der Waals surface area contributed by atoms with Crippen molar-refractivity contribution >= 4 is 28.0 Å². The average molecular weight is 563 g/mol. The minimum atomic E-state index is -4.46. The number of fused-ring (bicyclic) bond motifs is 2. The highest BCUT2D eigenvalue weighted by Gasteiger charge is 2.45. The van der Waals surface area contributed by atoms with Crippen molar-refractivity contribution in [3.63, 3.8) is 0 Å². The first-order valence-electron chi connectivity index (χ1n) is 13.2. The SMILES string of the molecule is Cc1cc(C(F)(F)F)c2[nH]c(CCCCN(C[C@H]3O[C@@H](n4cnc5c(N)ncnc54)[C@H](O)[C@@H]3O)C(C)C)nc2c1. The maximum Gasteiger partial charge on any atom is 0.418 e. The molecule has 1 aromatic carbocycles. The summed E-state index contributed by atoms with van der Waals surface area (Å²) in [5, 5.41) is 21.6. The quantitative estimate of drug-likeness (QED) is 0.226. The van der Waals surface area contributed by atoms with Gasteiger partial charge in [-0.25, -0.2) is 19.9 Å². The van der Waals surface area contributed by atoms with Crippen molar-refractivity contribution in [3.8, 4) is 0 Å². The lowest BCUT2D eigenvalue weighted by molar-refractivity contribution is -0.136. The molecule has 4 atom stereocenters. The van der Waals surface area contributed by atoms with Crippen LogP contribution in [0.1, 0.15) is 49.9 Å². The smallest absolute Gasteiger partial charge is 0.387 e. The van der Waals surface area contributed by atoms with E-state index >= 15 is 0 Å². The molecule has 11 nitrogen and oxygen atoms in total. The molecule has 0 aliphatic carbocycles. The Hall–Kier alpha value is -3.33. The molecule has 1 fully saturated rings. The van der Waals surface area contributed by atoms with E-state index in [1.165, 1.54) is 12.7 Å². The Labute approximate surface area is 228 Å².